The van der Waals surface area contributed by atoms with Crippen LogP contribution < -0.4 is 15.4 Å². The lowest BCUT2D eigenvalue weighted by atomic mass is 9.89. The number of guanidine groups is 1. The van der Waals surface area contributed by atoms with E-state index in [1.165, 1.54) is 32.1 Å². The van der Waals surface area contributed by atoms with E-state index in [0.717, 1.165) is 23.4 Å². The molecule has 7 nitrogen and oxygen atoms in total. The number of methoxy groups -OCH3 is 1. The van der Waals surface area contributed by atoms with Gasteiger partial charge in [-0.2, -0.15) is 0 Å². The molecule has 0 heterocycles. The third-order valence-electron chi connectivity index (χ3n) is 5.36. The number of nitrogens with one attached hydrogen (secondary N) is 2. The number of benzene rings is 1. The second-order valence-electron chi connectivity index (χ2n) is 8.14. The van der Waals surface area contributed by atoms with E-state index in [2.05, 4.69) is 16.7 Å². The van der Waals surface area contributed by atoms with E-state index in [1.807, 2.05) is 19.1 Å². The van der Waals surface area contributed by atoms with Gasteiger partial charge in [-0.1, -0.05) is 31.4 Å². The van der Waals surface area contributed by atoms with E-state index in [1.54, 1.807) is 26.1 Å². The maximum Gasteiger partial charge on any atom is 0.241 e. The maximum absolute atomic E-state index is 12.0. The van der Waals surface area contributed by atoms with Gasteiger partial charge in [-0.05, 0) is 37.3 Å². The molecule has 0 aromatic heterocycles. The van der Waals surface area contributed by atoms with Gasteiger partial charge in [-0.25, -0.2) is 4.99 Å². The Morgan fingerprint density at radius 1 is 1.16 bits per heavy atom. The number of hydrogen-bond donors (Lipinski definition) is 2. The zero-order chi connectivity index (χ0) is 21.8. The van der Waals surface area contributed by atoms with Crippen LogP contribution in [-0.2, 0) is 16.1 Å². The fourth-order valence-corrected chi connectivity index (χ4v) is 3.45. The Morgan fingerprint density at radius 2 is 1.90 bits per heavy atom. The fraction of sp³-hybridized carbons (Fsp3) is 0.652. The van der Waals surface area contributed by atoms with Crippen LogP contribution in [0.5, 0.6) is 5.75 Å². The molecule has 1 aliphatic carbocycles. The molecule has 1 aromatic rings. The van der Waals surface area contributed by atoms with Crippen molar-refractivity contribution >= 4 is 35.8 Å². The molecule has 2 N–H and O–H groups in total. The van der Waals surface area contributed by atoms with Crippen LogP contribution in [0.2, 0.25) is 0 Å². The van der Waals surface area contributed by atoms with E-state index in [4.69, 9.17) is 14.5 Å². The Balaban J connectivity index is 0.00000480. The highest BCUT2D eigenvalue weighted by Crippen LogP contribution is 2.23. The molecule has 176 valence electrons. The number of nitrogens with zero attached hydrogens (tertiary/aromatic N) is 2. The summed E-state index contributed by atoms with van der Waals surface area (Å²) in [4.78, 5) is 18.3. The van der Waals surface area contributed by atoms with Gasteiger partial charge in [-0.15, -0.1) is 24.0 Å². The average molecular weight is 546 g/mol. The van der Waals surface area contributed by atoms with Gasteiger partial charge in [0.2, 0.25) is 5.91 Å². The molecule has 0 saturated heterocycles. The molecule has 2 rings (SSSR count). The summed E-state index contributed by atoms with van der Waals surface area (Å²) in [6.07, 6.45) is 6.46. The van der Waals surface area contributed by atoms with Crippen LogP contribution in [0.4, 0.5) is 0 Å². The van der Waals surface area contributed by atoms with Crippen LogP contribution in [-0.4, -0.2) is 64.3 Å². The molecule has 1 aliphatic rings. The zero-order valence-corrected chi connectivity index (χ0v) is 21.7. The smallest absolute Gasteiger partial charge is 0.241 e. The van der Waals surface area contributed by atoms with Gasteiger partial charge in [-0.3, -0.25) is 4.79 Å². The van der Waals surface area contributed by atoms with Gasteiger partial charge in [0.05, 0.1) is 19.7 Å². The van der Waals surface area contributed by atoms with Gasteiger partial charge in [0, 0.05) is 33.3 Å². The summed E-state index contributed by atoms with van der Waals surface area (Å²) in [7, 11) is 5.17. The molecule has 1 saturated carbocycles. The minimum absolute atomic E-state index is 0. The predicted molar refractivity (Wildman–Crippen MR) is 136 cm³/mol. The molecule has 31 heavy (non-hydrogen) atoms. The highest BCUT2D eigenvalue weighted by Gasteiger charge is 2.14. The van der Waals surface area contributed by atoms with Crippen LogP contribution in [0.25, 0.3) is 0 Å². The van der Waals surface area contributed by atoms with Gasteiger partial charge >= 0.3 is 0 Å². The molecule has 0 spiro atoms. The van der Waals surface area contributed by atoms with Crippen LogP contribution in [0.3, 0.4) is 0 Å². The second-order valence-corrected chi connectivity index (χ2v) is 8.14. The molecule has 1 aromatic carbocycles. The first-order chi connectivity index (χ1) is 14.5. The van der Waals surface area contributed by atoms with Gasteiger partial charge < -0.3 is 25.0 Å². The number of aryl methyl sites for hydroxylation is 1. The number of ether oxygens (including phenoxy) is 2. The highest BCUT2D eigenvalue weighted by molar-refractivity contribution is 14.0. The largest absolute Gasteiger partial charge is 0.491 e. The molecular weight excluding hydrogens is 507 g/mol. The first-order valence-corrected chi connectivity index (χ1v) is 10.9. The number of carbonyl (C=O) groups excluding carboxylic acids is 1. The Morgan fingerprint density at radius 3 is 2.58 bits per heavy atom. The first-order valence-electron chi connectivity index (χ1n) is 10.9. The summed E-state index contributed by atoms with van der Waals surface area (Å²) in [5.74, 6) is 2.18. The Hall–Kier alpha value is -1.55. The van der Waals surface area contributed by atoms with Crippen molar-refractivity contribution in [3.8, 4) is 5.75 Å². The third kappa shape index (κ3) is 10.5. The van der Waals surface area contributed by atoms with Gasteiger partial charge in [0.15, 0.2) is 5.96 Å². The predicted octanol–water partition coefficient (Wildman–Crippen LogP) is 3.34. The number of rotatable bonds is 10. The molecule has 0 bridgehead atoms. The summed E-state index contributed by atoms with van der Waals surface area (Å²) in [6, 6.07) is 6.13. The van der Waals surface area contributed by atoms with E-state index in [-0.39, 0.29) is 36.4 Å². The summed E-state index contributed by atoms with van der Waals surface area (Å²) in [6.45, 7) is 4.65. The lowest BCUT2D eigenvalue weighted by Crippen LogP contribution is -2.44. The Bertz CT molecular complexity index is 691. The van der Waals surface area contributed by atoms with Crippen molar-refractivity contribution < 1.29 is 14.3 Å². The van der Waals surface area contributed by atoms with E-state index >= 15 is 0 Å². The highest BCUT2D eigenvalue weighted by atomic mass is 127. The number of likely N-dealkylation sites (N-methyl/N-ethyl adjacent to an activating group) is 1. The number of aliphatic imine (C=N–C) groups is 1. The minimum Gasteiger partial charge on any atom is -0.491 e. The standard InChI is InChI=1S/C23H38N4O3.HI/c1-18-10-11-20(21(14-18)30-13-12-29-4)16-25-23(26-17-22(28)27(2)3)24-15-19-8-6-5-7-9-19;/h10-11,14,19H,5-9,12-13,15-17H2,1-4H3,(H2,24,25,26);1H. The normalized spacial score (nSPS) is 14.5. The molecule has 0 aliphatic heterocycles. The lowest BCUT2D eigenvalue weighted by Gasteiger charge is -2.23. The summed E-state index contributed by atoms with van der Waals surface area (Å²) in [5, 5.41) is 6.63. The maximum atomic E-state index is 12.0. The van der Waals surface area contributed by atoms with Gasteiger partial charge in [0.1, 0.15) is 12.4 Å². The SMILES string of the molecule is COCCOc1cc(C)ccc1CN=C(NCC(=O)N(C)C)NCC1CCCCC1.I. The van der Waals surface area contributed by atoms with Gasteiger partial charge in [0.25, 0.3) is 0 Å². The van der Waals surface area contributed by atoms with Crippen LogP contribution in [0.15, 0.2) is 23.2 Å². The second kappa shape index (κ2) is 15.3. The number of amides is 1. The first kappa shape index (κ1) is 27.5. The third-order valence-corrected chi connectivity index (χ3v) is 5.36. The molecule has 1 fully saturated rings. The molecule has 1 amide bonds. The minimum atomic E-state index is 0. The lowest BCUT2D eigenvalue weighted by molar-refractivity contribution is -0.127. The van der Waals surface area contributed by atoms with Crippen molar-refractivity contribution in [1.29, 1.82) is 0 Å². The molecule has 8 heteroatoms. The Labute approximate surface area is 204 Å². The monoisotopic (exact) mass is 546 g/mol. The average Bonchev–Trinajstić information content (AvgIpc) is 2.74. The molecule has 0 unspecified atom stereocenters. The van der Waals surface area contributed by atoms with Crippen molar-refractivity contribution in [2.45, 2.75) is 45.6 Å². The number of carbonyl (C=O) groups is 1. The van der Waals surface area contributed by atoms with Crippen molar-refractivity contribution in [2.24, 2.45) is 10.9 Å². The summed E-state index contributed by atoms with van der Waals surface area (Å²) in [5.41, 5.74) is 2.15. The van der Waals surface area contributed by atoms with Crippen LogP contribution >= 0.6 is 24.0 Å². The fourth-order valence-electron chi connectivity index (χ4n) is 3.45. The Kier molecular flexibility index (Phi) is 13.6. The summed E-state index contributed by atoms with van der Waals surface area (Å²) >= 11 is 0. The van der Waals surface area contributed by atoms with E-state index < -0.39 is 0 Å². The zero-order valence-electron chi connectivity index (χ0n) is 19.4. The molecular formula is C23H39IN4O3. The van der Waals surface area contributed by atoms with Crippen molar-refractivity contribution in [3.63, 3.8) is 0 Å². The van der Waals surface area contributed by atoms with E-state index in [0.29, 0.717) is 31.6 Å². The molecule has 0 radical (unpaired) electrons. The summed E-state index contributed by atoms with van der Waals surface area (Å²) < 4.78 is 11.0. The topological polar surface area (TPSA) is 75.2 Å². The van der Waals surface area contributed by atoms with Crippen molar-refractivity contribution in [2.75, 3.05) is 47.5 Å². The van der Waals surface area contributed by atoms with Crippen molar-refractivity contribution in [3.05, 3.63) is 29.3 Å². The van der Waals surface area contributed by atoms with Crippen molar-refractivity contribution in [1.82, 2.24) is 15.5 Å². The van der Waals surface area contributed by atoms with Crippen LogP contribution in [0, 0.1) is 12.8 Å². The molecule has 0 atom stereocenters. The number of halogens is 1. The van der Waals surface area contributed by atoms with Crippen LogP contribution in [0.1, 0.15) is 43.2 Å². The van der Waals surface area contributed by atoms with E-state index in [9.17, 15) is 4.79 Å². The quantitative estimate of drug-likeness (QED) is 0.204. The number of hydrogen-bond acceptors (Lipinski definition) is 4.